The number of carbonyl (C=O) groups excluding carboxylic acids is 2. The van der Waals surface area contributed by atoms with Crippen LogP contribution in [0.1, 0.15) is 12.0 Å². The lowest BCUT2D eigenvalue weighted by atomic mass is 10.1. The number of hydrogen-bond donors (Lipinski definition) is 1. The first-order valence-corrected chi connectivity index (χ1v) is 8.94. The van der Waals surface area contributed by atoms with E-state index in [4.69, 9.17) is 16.3 Å². The van der Waals surface area contributed by atoms with Crippen LogP contribution in [-0.2, 0) is 9.59 Å². The summed E-state index contributed by atoms with van der Waals surface area (Å²) < 4.78 is 5.55. The largest absolute Gasteiger partial charge is 0.492 e. The molecular weight excluding hydrogens is 352 g/mol. The van der Waals surface area contributed by atoms with Crippen LogP contribution in [0.2, 0.25) is 5.02 Å². The number of aryl methyl sites for hydroxylation is 1. The molecule has 0 aromatic heterocycles. The minimum Gasteiger partial charge on any atom is -0.492 e. The molecular formula is C20H21ClN2O3. The molecule has 0 spiro atoms. The second-order valence-electron chi connectivity index (χ2n) is 6.33. The second-order valence-corrected chi connectivity index (χ2v) is 6.77. The van der Waals surface area contributed by atoms with Crippen LogP contribution in [0.4, 0.5) is 5.69 Å². The molecule has 0 unspecified atom stereocenters. The molecule has 2 aromatic carbocycles. The smallest absolute Gasteiger partial charge is 0.227 e. The van der Waals surface area contributed by atoms with Gasteiger partial charge in [-0.25, -0.2) is 0 Å². The Kier molecular flexibility index (Phi) is 5.78. The van der Waals surface area contributed by atoms with Gasteiger partial charge in [-0.3, -0.25) is 9.59 Å². The molecule has 1 saturated heterocycles. The lowest BCUT2D eigenvalue weighted by Gasteiger charge is -2.17. The van der Waals surface area contributed by atoms with Crippen molar-refractivity contribution >= 4 is 29.1 Å². The zero-order valence-corrected chi connectivity index (χ0v) is 15.3. The highest BCUT2D eigenvalue weighted by Gasteiger charge is 2.34. The zero-order valence-electron chi connectivity index (χ0n) is 14.6. The van der Waals surface area contributed by atoms with E-state index in [0.717, 1.165) is 11.3 Å². The van der Waals surface area contributed by atoms with Gasteiger partial charge in [0.1, 0.15) is 12.4 Å². The number of ether oxygens (including phenoxy) is 1. The molecule has 1 atom stereocenters. The number of nitrogens with one attached hydrogen (secondary N) is 1. The van der Waals surface area contributed by atoms with Crippen LogP contribution in [0.25, 0.3) is 0 Å². The summed E-state index contributed by atoms with van der Waals surface area (Å²) in [5.41, 5.74) is 1.97. The van der Waals surface area contributed by atoms with Crippen molar-refractivity contribution in [3.05, 3.63) is 59.1 Å². The molecule has 6 heteroatoms. The summed E-state index contributed by atoms with van der Waals surface area (Å²) in [6, 6.07) is 14.8. The Morgan fingerprint density at radius 1 is 1.19 bits per heavy atom. The van der Waals surface area contributed by atoms with Gasteiger partial charge in [-0.1, -0.05) is 29.3 Å². The SMILES string of the molecule is Cc1ccc(N2C[C@@H](C(=O)NCCOc3ccc(Cl)cc3)CC2=O)cc1. The van der Waals surface area contributed by atoms with Crippen LogP contribution < -0.4 is 15.0 Å². The standard InChI is InChI=1S/C20H21ClN2O3/c1-14-2-6-17(7-3-14)23-13-15(12-19(23)24)20(25)22-10-11-26-18-8-4-16(21)5-9-18/h2-9,15H,10-13H2,1H3,(H,22,25)/t15-/m0/s1. The van der Waals surface area contributed by atoms with Crippen molar-refractivity contribution in [2.75, 3.05) is 24.6 Å². The van der Waals surface area contributed by atoms with Crippen LogP contribution in [0.5, 0.6) is 5.75 Å². The van der Waals surface area contributed by atoms with Gasteiger partial charge in [0, 0.05) is 23.7 Å². The topological polar surface area (TPSA) is 58.6 Å². The van der Waals surface area contributed by atoms with E-state index in [0.29, 0.717) is 30.5 Å². The van der Waals surface area contributed by atoms with Crippen molar-refractivity contribution in [1.29, 1.82) is 0 Å². The summed E-state index contributed by atoms with van der Waals surface area (Å²) in [6.07, 6.45) is 0.234. The third-order valence-corrected chi connectivity index (χ3v) is 4.58. The van der Waals surface area contributed by atoms with E-state index in [2.05, 4.69) is 5.32 Å². The molecule has 1 aliphatic rings. The van der Waals surface area contributed by atoms with Gasteiger partial charge in [-0.05, 0) is 43.3 Å². The molecule has 2 aromatic rings. The van der Waals surface area contributed by atoms with E-state index in [1.165, 1.54) is 0 Å². The van der Waals surface area contributed by atoms with E-state index in [1.807, 2.05) is 31.2 Å². The van der Waals surface area contributed by atoms with Crippen molar-refractivity contribution in [3.8, 4) is 5.75 Å². The van der Waals surface area contributed by atoms with Gasteiger partial charge in [0.15, 0.2) is 0 Å². The summed E-state index contributed by atoms with van der Waals surface area (Å²) in [4.78, 5) is 26.2. The first-order chi connectivity index (χ1) is 12.5. The molecule has 3 rings (SSSR count). The molecule has 1 N–H and O–H groups in total. The molecule has 1 aliphatic heterocycles. The zero-order chi connectivity index (χ0) is 18.5. The fraction of sp³-hybridized carbons (Fsp3) is 0.300. The molecule has 0 aliphatic carbocycles. The quantitative estimate of drug-likeness (QED) is 0.792. The monoisotopic (exact) mass is 372 g/mol. The van der Waals surface area contributed by atoms with Crippen molar-refractivity contribution in [3.63, 3.8) is 0 Å². The Morgan fingerprint density at radius 3 is 2.58 bits per heavy atom. The Labute approximate surface area is 157 Å². The van der Waals surface area contributed by atoms with E-state index in [-0.39, 0.29) is 24.2 Å². The van der Waals surface area contributed by atoms with Gasteiger partial charge in [0.25, 0.3) is 0 Å². The Bertz CT molecular complexity index is 775. The summed E-state index contributed by atoms with van der Waals surface area (Å²) in [5.74, 6) is 0.226. The Hall–Kier alpha value is -2.53. The first kappa shape index (κ1) is 18.3. The normalized spacial score (nSPS) is 16.6. The van der Waals surface area contributed by atoms with Crippen LogP contribution in [0.3, 0.4) is 0 Å². The maximum Gasteiger partial charge on any atom is 0.227 e. The molecule has 0 saturated carbocycles. The highest BCUT2D eigenvalue weighted by molar-refractivity contribution is 6.30. The number of rotatable bonds is 6. The molecule has 0 bridgehead atoms. The van der Waals surface area contributed by atoms with Crippen molar-refractivity contribution in [1.82, 2.24) is 5.32 Å². The minimum absolute atomic E-state index is 0.0218. The molecule has 26 heavy (non-hydrogen) atoms. The number of benzene rings is 2. The molecule has 1 heterocycles. The predicted molar refractivity (Wildman–Crippen MR) is 102 cm³/mol. The summed E-state index contributed by atoms with van der Waals surface area (Å²) >= 11 is 5.82. The number of carbonyl (C=O) groups is 2. The van der Waals surface area contributed by atoms with Gasteiger partial charge in [0.2, 0.25) is 11.8 Å². The third kappa shape index (κ3) is 4.55. The lowest BCUT2D eigenvalue weighted by molar-refractivity contribution is -0.126. The second kappa shape index (κ2) is 8.23. The van der Waals surface area contributed by atoms with Crippen LogP contribution in [0.15, 0.2) is 48.5 Å². The lowest BCUT2D eigenvalue weighted by Crippen LogP contribution is -2.35. The fourth-order valence-corrected chi connectivity index (χ4v) is 3.00. The third-order valence-electron chi connectivity index (χ3n) is 4.33. The van der Waals surface area contributed by atoms with E-state index >= 15 is 0 Å². The van der Waals surface area contributed by atoms with Crippen molar-refractivity contribution in [2.45, 2.75) is 13.3 Å². The van der Waals surface area contributed by atoms with E-state index < -0.39 is 0 Å². The average Bonchev–Trinajstić information content (AvgIpc) is 3.02. The maximum absolute atomic E-state index is 12.3. The Balaban J connectivity index is 1.45. The van der Waals surface area contributed by atoms with E-state index in [9.17, 15) is 9.59 Å². The first-order valence-electron chi connectivity index (χ1n) is 8.56. The number of hydrogen-bond acceptors (Lipinski definition) is 3. The Morgan fingerprint density at radius 2 is 1.88 bits per heavy atom. The molecule has 0 radical (unpaired) electrons. The number of anilines is 1. The van der Waals surface area contributed by atoms with Gasteiger partial charge in [-0.15, -0.1) is 0 Å². The maximum atomic E-state index is 12.3. The van der Waals surface area contributed by atoms with E-state index in [1.54, 1.807) is 29.2 Å². The van der Waals surface area contributed by atoms with Gasteiger partial charge in [0.05, 0.1) is 12.5 Å². The fourth-order valence-electron chi connectivity index (χ4n) is 2.88. The molecule has 1 fully saturated rings. The van der Waals surface area contributed by atoms with Gasteiger partial charge >= 0.3 is 0 Å². The highest BCUT2D eigenvalue weighted by Crippen LogP contribution is 2.25. The number of halogens is 1. The average molecular weight is 373 g/mol. The summed E-state index contributed by atoms with van der Waals surface area (Å²) in [5, 5.41) is 3.49. The van der Waals surface area contributed by atoms with Crippen LogP contribution >= 0.6 is 11.6 Å². The van der Waals surface area contributed by atoms with Crippen molar-refractivity contribution < 1.29 is 14.3 Å². The molecule has 5 nitrogen and oxygen atoms in total. The predicted octanol–water partition coefficient (Wildman–Crippen LogP) is 3.20. The van der Waals surface area contributed by atoms with Crippen LogP contribution in [0, 0.1) is 12.8 Å². The number of nitrogens with zero attached hydrogens (tertiary/aromatic N) is 1. The van der Waals surface area contributed by atoms with Gasteiger partial charge < -0.3 is 15.0 Å². The molecule has 136 valence electrons. The molecule has 2 amide bonds. The summed E-state index contributed by atoms with van der Waals surface area (Å²) in [7, 11) is 0. The minimum atomic E-state index is -0.334. The summed E-state index contributed by atoms with van der Waals surface area (Å²) in [6.45, 7) is 3.15. The highest BCUT2D eigenvalue weighted by atomic mass is 35.5. The van der Waals surface area contributed by atoms with Crippen LogP contribution in [-0.4, -0.2) is 31.5 Å². The van der Waals surface area contributed by atoms with Crippen molar-refractivity contribution in [2.24, 2.45) is 5.92 Å². The van der Waals surface area contributed by atoms with Gasteiger partial charge in [-0.2, -0.15) is 0 Å². The number of amides is 2.